The van der Waals surface area contributed by atoms with Crippen molar-refractivity contribution in [3.63, 3.8) is 0 Å². The zero-order chi connectivity index (χ0) is 77.0. The molecule has 109 heavy (non-hydrogen) atoms. The summed E-state index contributed by atoms with van der Waals surface area (Å²) in [5.74, 6) is 0. The second-order valence-corrected chi connectivity index (χ2v) is 33.6. The lowest BCUT2D eigenvalue weighted by atomic mass is 9.83. The topological polar surface area (TPSA) is 365 Å². The van der Waals surface area contributed by atoms with E-state index >= 15 is 0 Å². The van der Waals surface area contributed by atoms with Gasteiger partial charge in [-0.05, 0) is 58.8 Å². The van der Waals surface area contributed by atoms with Crippen LogP contribution in [0.2, 0.25) is 18.1 Å². The van der Waals surface area contributed by atoms with Gasteiger partial charge in [-0.1, -0.05) is 210 Å². The lowest BCUT2D eigenvalue weighted by molar-refractivity contribution is -0.358. The maximum Gasteiger partial charge on any atom is 0.407 e. The van der Waals surface area contributed by atoms with Crippen LogP contribution in [0.3, 0.4) is 0 Å². The van der Waals surface area contributed by atoms with Crippen molar-refractivity contribution >= 4 is 38.8 Å². The molecule has 1 aliphatic carbocycles. The highest BCUT2D eigenvalue weighted by atomic mass is 28.4. The molecule has 6 aromatic carbocycles. The molecule has 5 amide bonds. The number of aliphatic hydroxyl groups is 4. The van der Waals surface area contributed by atoms with Crippen LogP contribution in [-0.2, 0) is 104 Å². The summed E-state index contributed by atoms with van der Waals surface area (Å²) in [7, 11) is -2.76. The van der Waals surface area contributed by atoms with Crippen molar-refractivity contribution in [3.05, 3.63) is 215 Å². The smallest absolute Gasteiger partial charge is 0.407 e. The summed E-state index contributed by atoms with van der Waals surface area (Å²) in [5, 5.41) is 63.5. The van der Waals surface area contributed by atoms with Crippen LogP contribution < -0.4 is 26.6 Å². The Morgan fingerprint density at radius 1 is 0.459 bits per heavy atom. The molecule has 30 heteroatoms. The predicted octanol–water partition coefficient (Wildman–Crippen LogP) is 8.20. The normalized spacial score (nSPS) is 28.9. The molecule has 1 saturated carbocycles. The van der Waals surface area contributed by atoms with Gasteiger partial charge in [0.25, 0.3) is 0 Å². The zero-order valence-corrected chi connectivity index (χ0v) is 62.6. The number of rotatable bonds is 29. The molecule has 588 valence electrons. The zero-order valence-electron chi connectivity index (χ0n) is 61.6. The van der Waals surface area contributed by atoms with Crippen LogP contribution in [0.25, 0.3) is 0 Å². The summed E-state index contributed by atoms with van der Waals surface area (Å²) in [6.07, 6.45) is -29.6. The average molecular weight is 1530 g/mol. The van der Waals surface area contributed by atoms with E-state index in [1.807, 2.05) is 52.9 Å². The number of hydrogen-bond acceptors (Lipinski definition) is 24. The number of benzene rings is 6. The molecular formula is C79H99N5O24Si. The Hall–Kier alpha value is -8.67. The summed E-state index contributed by atoms with van der Waals surface area (Å²) in [6.45, 7) is 10.2. The first-order valence-electron chi connectivity index (χ1n) is 36.6. The van der Waals surface area contributed by atoms with E-state index in [0.717, 1.165) is 0 Å². The van der Waals surface area contributed by atoms with Crippen LogP contribution in [0, 0.1) is 0 Å². The van der Waals surface area contributed by atoms with Gasteiger partial charge in [-0.25, -0.2) is 24.0 Å². The van der Waals surface area contributed by atoms with Crippen molar-refractivity contribution in [1.82, 2.24) is 26.6 Å². The van der Waals surface area contributed by atoms with Crippen LogP contribution in [-0.4, -0.2) is 202 Å². The summed E-state index contributed by atoms with van der Waals surface area (Å²) >= 11 is 0. The molecule has 0 aromatic heterocycles. The second kappa shape index (κ2) is 38.8. The maximum atomic E-state index is 14.6. The first-order valence-corrected chi connectivity index (χ1v) is 39.5. The first kappa shape index (κ1) is 81.3. The molecule has 5 aliphatic rings. The Morgan fingerprint density at radius 3 is 1.37 bits per heavy atom. The number of aliphatic hydroxyl groups excluding tert-OH is 4. The highest BCUT2D eigenvalue weighted by molar-refractivity contribution is 6.74. The molecule has 29 nitrogen and oxygen atoms in total. The highest BCUT2D eigenvalue weighted by Gasteiger charge is 2.59. The van der Waals surface area contributed by atoms with E-state index in [-0.39, 0.29) is 64.3 Å². The highest BCUT2D eigenvalue weighted by Crippen LogP contribution is 2.42. The largest absolute Gasteiger partial charge is 0.445 e. The van der Waals surface area contributed by atoms with Gasteiger partial charge in [-0.15, -0.1) is 0 Å². The van der Waals surface area contributed by atoms with Crippen LogP contribution in [0.5, 0.6) is 0 Å². The van der Waals surface area contributed by atoms with Crippen LogP contribution >= 0.6 is 0 Å². The molecular weight excluding hydrogens is 1430 g/mol. The number of ether oxygens (including phenoxy) is 14. The molecule has 4 aliphatic heterocycles. The Morgan fingerprint density at radius 2 is 0.881 bits per heavy atom. The van der Waals surface area contributed by atoms with Crippen molar-refractivity contribution in [2.45, 2.75) is 214 Å². The van der Waals surface area contributed by atoms with E-state index in [1.54, 1.807) is 170 Å². The van der Waals surface area contributed by atoms with Gasteiger partial charge in [-0.2, -0.15) is 0 Å². The monoisotopic (exact) mass is 1530 g/mol. The maximum absolute atomic E-state index is 14.6. The minimum absolute atomic E-state index is 0.0110. The Labute approximate surface area is 633 Å². The minimum Gasteiger partial charge on any atom is -0.445 e. The van der Waals surface area contributed by atoms with Crippen LogP contribution in [0.15, 0.2) is 182 Å². The summed E-state index contributed by atoms with van der Waals surface area (Å²) in [5.41, 5.74) is 3.88. The number of amides is 5. The molecule has 4 saturated heterocycles. The number of nitrogens with one attached hydrogen (secondary N) is 5. The summed E-state index contributed by atoms with van der Waals surface area (Å²) < 4.78 is 96.6. The number of alkyl carbamates (subject to hydrolysis) is 5. The SMILES string of the molecule is CCCOC1C(OC2C(O)C(NC(=O)OCc3ccccc3)CC(NC(=O)OCc3ccccc3)C2OC2OC3COC(c4ccccc4)OC3C(O)C2NC(=O)OCc2ccccc2)OC(CO[Si](C)(C)C(C)(C)C)C1OC1OC(CNC(=O)OCc2ccccc2)C(O)C(O)C1NC(=O)OCc1ccccc1. The van der Waals surface area contributed by atoms with E-state index in [1.165, 1.54) is 0 Å². The third-order valence-corrected chi connectivity index (χ3v) is 24.4. The number of fused-ring (bicyclic) bond motifs is 1. The lowest BCUT2D eigenvalue weighted by Gasteiger charge is -2.51. The van der Waals surface area contributed by atoms with Gasteiger partial charge in [0.15, 0.2) is 33.5 Å². The molecule has 20 atom stereocenters. The molecule has 5 fully saturated rings. The Bertz CT molecular complexity index is 3810. The third kappa shape index (κ3) is 22.3. The Kier molecular flexibility index (Phi) is 28.9. The van der Waals surface area contributed by atoms with Gasteiger partial charge in [0.05, 0.1) is 25.3 Å². The van der Waals surface area contributed by atoms with Crippen molar-refractivity contribution < 1.29 is 115 Å². The summed E-state index contributed by atoms with van der Waals surface area (Å²) in [4.78, 5) is 70.3. The molecule has 0 radical (unpaired) electrons. The molecule has 0 spiro atoms. The standard InChI is InChI=1S/C79H99N5O24Si/c1-7-38-94-69-67(107-71-59(83-77(92)99-44-51-32-20-11-21-33-51)63(87)62(86)56(102-71)40-80-74(89)96-41-48-26-14-8-15-27-48)58(47-101-109(5,6)79(2,3)4)104-73(69)108-68-61(85)54(81-75(90)97-42-49-28-16-9-17-29-49)39-55(82-76(91)98-43-50-30-18-10-19-31-50)65(68)105-72-60(84-78(93)100-45-52-34-22-12-23-35-52)64(88)66-57(103-72)46-95-70(106-66)53-36-24-13-25-37-53/h8-37,54-73,85-88H,7,38-47H2,1-6H3,(H,80,89)(H,81,90)(H,82,91)(H,83,92)(H,84,93). The molecule has 9 N–H and O–H groups in total. The fourth-order valence-electron chi connectivity index (χ4n) is 12.9. The molecule has 11 rings (SSSR count). The summed E-state index contributed by atoms with van der Waals surface area (Å²) in [6, 6.07) is 47.3. The van der Waals surface area contributed by atoms with E-state index in [4.69, 9.17) is 70.7 Å². The van der Waals surface area contributed by atoms with Crippen molar-refractivity contribution in [2.75, 3.05) is 26.4 Å². The van der Waals surface area contributed by atoms with Gasteiger partial charge in [-0.3, -0.25) is 0 Å². The first-order chi connectivity index (χ1) is 52.6. The van der Waals surface area contributed by atoms with Crippen LogP contribution in [0.1, 0.15) is 80.2 Å². The molecule has 6 aromatic rings. The number of hydrogen-bond donors (Lipinski definition) is 9. The van der Waals surface area contributed by atoms with E-state index < -0.39 is 168 Å². The van der Waals surface area contributed by atoms with Crippen molar-refractivity contribution in [1.29, 1.82) is 0 Å². The number of carbonyl (C=O) groups is 5. The van der Waals surface area contributed by atoms with E-state index in [0.29, 0.717) is 39.8 Å². The fourth-order valence-corrected chi connectivity index (χ4v) is 13.9. The second-order valence-electron chi connectivity index (χ2n) is 28.7. The fraction of sp³-hybridized carbons (Fsp3) is 0.481. The molecule has 0 bridgehead atoms. The molecule has 20 unspecified atom stereocenters. The quantitative estimate of drug-likeness (QED) is 0.0158. The van der Waals surface area contributed by atoms with Gasteiger partial charge in [0.2, 0.25) is 0 Å². The third-order valence-electron chi connectivity index (χ3n) is 19.9. The van der Waals surface area contributed by atoms with Crippen molar-refractivity contribution in [3.8, 4) is 0 Å². The van der Waals surface area contributed by atoms with Crippen LogP contribution in [0.4, 0.5) is 24.0 Å². The number of carbonyl (C=O) groups excluding carboxylic acids is 5. The lowest BCUT2D eigenvalue weighted by Crippen LogP contribution is -2.71. The van der Waals surface area contributed by atoms with Gasteiger partial charge >= 0.3 is 30.5 Å². The van der Waals surface area contributed by atoms with E-state index in [2.05, 4.69) is 26.6 Å². The van der Waals surface area contributed by atoms with Gasteiger partial charge in [0, 0.05) is 18.7 Å². The predicted molar refractivity (Wildman–Crippen MR) is 391 cm³/mol. The van der Waals surface area contributed by atoms with Crippen molar-refractivity contribution in [2.24, 2.45) is 0 Å². The van der Waals surface area contributed by atoms with Gasteiger partial charge in [0.1, 0.15) is 118 Å². The Balaban J connectivity index is 0.969. The molecule has 4 heterocycles. The average Bonchev–Trinajstić information content (AvgIpc) is 1.73. The minimum atomic E-state index is -2.76. The van der Waals surface area contributed by atoms with Gasteiger partial charge < -0.3 is 118 Å². The van der Waals surface area contributed by atoms with E-state index in [9.17, 15) is 44.4 Å².